The van der Waals surface area contributed by atoms with Crippen LogP contribution in [0, 0.1) is 5.92 Å². The van der Waals surface area contributed by atoms with E-state index in [1.807, 2.05) is 0 Å². The molecule has 0 aromatic heterocycles. The van der Waals surface area contributed by atoms with E-state index < -0.39 is 5.97 Å². The molecule has 16 heavy (non-hydrogen) atoms. The number of unbranched alkanes of at least 4 members (excludes halogenated alkanes) is 2. The number of ether oxygens (including phenoxy) is 1. The summed E-state index contributed by atoms with van der Waals surface area (Å²) in [5, 5.41) is 8.86. The second-order valence-corrected chi connectivity index (χ2v) is 4.81. The van der Waals surface area contributed by atoms with Crippen LogP contribution in [0.5, 0.6) is 0 Å². The van der Waals surface area contributed by atoms with Crippen molar-refractivity contribution in [2.45, 2.75) is 52.4 Å². The van der Waals surface area contributed by atoms with Crippen LogP contribution in [0.4, 0.5) is 0 Å². The Morgan fingerprint density at radius 1 is 1.25 bits per heavy atom. The van der Waals surface area contributed by atoms with E-state index in [-0.39, 0.29) is 6.42 Å². The van der Waals surface area contributed by atoms with Gasteiger partial charge in [0.1, 0.15) is 0 Å². The van der Waals surface area contributed by atoms with Crippen molar-refractivity contribution in [3.05, 3.63) is 0 Å². The highest BCUT2D eigenvalue weighted by molar-refractivity contribution is 7.80. The molecule has 0 aliphatic rings. The number of rotatable bonds is 9. The zero-order chi connectivity index (χ0) is 12.4. The summed E-state index contributed by atoms with van der Waals surface area (Å²) >= 11 is 4.91. The molecule has 0 saturated carbocycles. The molecule has 0 unspecified atom stereocenters. The Bertz CT molecular complexity index is 214. The first-order valence-corrected chi connectivity index (χ1v) is 6.30. The number of hydrogen-bond acceptors (Lipinski definition) is 3. The fraction of sp³-hybridized carbons (Fsp3) is 0.833. The maximum atomic E-state index is 10.3. The van der Waals surface area contributed by atoms with Gasteiger partial charge >= 0.3 is 5.97 Å². The third kappa shape index (κ3) is 11.4. The van der Waals surface area contributed by atoms with E-state index in [2.05, 4.69) is 13.8 Å². The number of carboxylic acid groups (broad SMARTS) is 1. The molecule has 94 valence electrons. The minimum absolute atomic E-state index is 0.0617. The first kappa shape index (κ1) is 15.4. The van der Waals surface area contributed by atoms with Crippen LogP contribution in [0.15, 0.2) is 0 Å². The van der Waals surface area contributed by atoms with E-state index in [0.717, 1.165) is 18.8 Å². The topological polar surface area (TPSA) is 46.5 Å². The standard InChI is InChI=1S/C12H22O3S/c1-10(2)6-4-3-5-9-15-12(16)8-7-11(13)14/h10H,3-9H2,1-2H3,(H,13,14). The minimum atomic E-state index is -0.831. The van der Waals surface area contributed by atoms with Crippen molar-refractivity contribution in [1.82, 2.24) is 0 Å². The van der Waals surface area contributed by atoms with Gasteiger partial charge in [-0.3, -0.25) is 4.79 Å². The molecule has 4 heteroatoms. The Kier molecular flexibility index (Phi) is 9.19. The van der Waals surface area contributed by atoms with E-state index in [9.17, 15) is 4.79 Å². The lowest BCUT2D eigenvalue weighted by Crippen LogP contribution is -2.06. The molecule has 0 saturated heterocycles. The third-order valence-electron chi connectivity index (χ3n) is 2.23. The molecule has 0 aliphatic carbocycles. The predicted octanol–water partition coefficient (Wildman–Crippen LogP) is 3.41. The number of hydrogen-bond donors (Lipinski definition) is 1. The van der Waals surface area contributed by atoms with Crippen molar-refractivity contribution < 1.29 is 14.6 Å². The lowest BCUT2D eigenvalue weighted by molar-refractivity contribution is -0.136. The smallest absolute Gasteiger partial charge is 0.303 e. The molecule has 0 amide bonds. The van der Waals surface area contributed by atoms with Crippen molar-refractivity contribution >= 4 is 23.2 Å². The molecule has 3 nitrogen and oxygen atoms in total. The van der Waals surface area contributed by atoms with E-state index in [1.54, 1.807) is 0 Å². The van der Waals surface area contributed by atoms with Crippen LogP contribution in [0.1, 0.15) is 52.4 Å². The van der Waals surface area contributed by atoms with Gasteiger partial charge in [0.15, 0.2) is 5.05 Å². The molecule has 0 atom stereocenters. The molecule has 0 rings (SSSR count). The maximum Gasteiger partial charge on any atom is 0.303 e. The Morgan fingerprint density at radius 3 is 2.50 bits per heavy atom. The van der Waals surface area contributed by atoms with E-state index >= 15 is 0 Å². The summed E-state index contributed by atoms with van der Waals surface area (Å²) in [6, 6.07) is 0. The van der Waals surface area contributed by atoms with Gasteiger partial charge in [-0.25, -0.2) is 0 Å². The van der Waals surface area contributed by atoms with E-state index in [0.29, 0.717) is 18.1 Å². The van der Waals surface area contributed by atoms with Crippen LogP contribution < -0.4 is 0 Å². The average molecular weight is 246 g/mol. The Morgan fingerprint density at radius 2 is 1.94 bits per heavy atom. The molecule has 0 aliphatic heterocycles. The van der Waals surface area contributed by atoms with Gasteiger partial charge in [0.2, 0.25) is 0 Å². The van der Waals surface area contributed by atoms with Gasteiger partial charge in [-0.1, -0.05) is 33.1 Å². The largest absolute Gasteiger partial charge is 0.487 e. The summed E-state index contributed by atoms with van der Waals surface area (Å²) < 4.78 is 5.27. The predicted molar refractivity (Wildman–Crippen MR) is 68.7 cm³/mol. The van der Waals surface area contributed by atoms with Gasteiger partial charge in [0.25, 0.3) is 0 Å². The van der Waals surface area contributed by atoms with Gasteiger partial charge in [-0.15, -0.1) is 0 Å². The fourth-order valence-electron chi connectivity index (χ4n) is 1.30. The van der Waals surface area contributed by atoms with E-state index in [4.69, 9.17) is 22.1 Å². The highest BCUT2D eigenvalue weighted by atomic mass is 32.1. The summed E-state index contributed by atoms with van der Waals surface area (Å²) in [6.45, 7) is 5.06. The molecule has 0 fully saturated rings. The molecule has 0 radical (unpaired) electrons. The SMILES string of the molecule is CC(C)CCCCCOC(=S)CCC(=O)O. The Balaban J connectivity index is 3.24. The second kappa shape index (κ2) is 9.58. The van der Waals surface area contributed by atoms with Gasteiger partial charge in [0, 0.05) is 6.42 Å². The molecular weight excluding hydrogens is 224 g/mol. The maximum absolute atomic E-state index is 10.3. The van der Waals surface area contributed by atoms with Crippen molar-refractivity contribution in [2.24, 2.45) is 5.92 Å². The normalized spacial score (nSPS) is 10.4. The molecule has 0 aromatic carbocycles. The number of carbonyl (C=O) groups is 1. The van der Waals surface area contributed by atoms with Crippen LogP contribution in [0.3, 0.4) is 0 Å². The monoisotopic (exact) mass is 246 g/mol. The van der Waals surface area contributed by atoms with Crippen LogP contribution in [-0.4, -0.2) is 22.7 Å². The highest BCUT2D eigenvalue weighted by Gasteiger charge is 2.02. The van der Waals surface area contributed by atoms with Crippen molar-refractivity contribution in [3.8, 4) is 0 Å². The Labute approximate surface area is 103 Å². The summed E-state index contributed by atoms with van der Waals surface area (Å²) in [5.41, 5.74) is 0. The number of carboxylic acids is 1. The quantitative estimate of drug-likeness (QED) is 0.500. The van der Waals surface area contributed by atoms with E-state index in [1.165, 1.54) is 12.8 Å². The molecule has 1 N–H and O–H groups in total. The van der Waals surface area contributed by atoms with Crippen LogP contribution in [0.2, 0.25) is 0 Å². The Hall–Kier alpha value is -0.640. The van der Waals surface area contributed by atoms with Crippen molar-refractivity contribution in [1.29, 1.82) is 0 Å². The minimum Gasteiger partial charge on any atom is -0.487 e. The number of aliphatic carboxylic acids is 1. The second-order valence-electron chi connectivity index (χ2n) is 4.36. The average Bonchev–Trinajstić information content (AvgIpc) is 2.19. The lowest BCUT2D eigenvalue weighted by Gasteiger charge is -2.07. The van der Waals surface area contributed by atoms with Gasteiger partial charge in [-0.05, 0) is 24.6 Å². The summed E-state index contributed by atoms with van der Waals surface area (Å²) in [5.74, 6) is -0.0690. The van der Waals surface area contributed by atoms with Gasteiger partial charge in [-0.2, -0.15) is 0 Å². The first-order valence-electron chi connectivity index (χ1n) is 5.89. The zero-order valence-corrected chi connectivity index (χ0v) is 11.0. The first-order chi connectivity index (χ1) is 7.52. The lowest BCUT2D eigenvalue weighted by atomic mass is 10.1. The van der Waals surface area contributed by atoms with Gasteiger partial charge < -0.3 is 9.84 Å². The third-order valence-corrected chi connectivity index (χ3v) is 2.55. The fourth-order valence-corrected chi connectivity index (χ4v) is 1.48. The number of thiocarbonyl (C=S) groups is 1. The molecular formula is C12H22O3S. The summed E-state index contributed by atoms with van der Waals surface area (Å²) in [6.07, 6.45) is 5.04. The van der Waals surface area contributed by atoms with Crippen LogP contribution in [-0.2, 0) is 9.53 Å². The molecule has 0 heterocycles. The summed E-state index contributed by atoms with van der Waals surface area (Å²) in [4.78, 5) is 10.3. The van der Waals surface area contributed by atoms with Gasteiger partial charge in [0.05, 0.1) is 13.0 Å². The molecule has 0 aromatic rings. The highest BCUT2D eigenvalue weighted by Crippen LogP contribution is 2.08. The van der Waals surface area contributed by atoms with Crippen LogP contribution >= 0.6 is 12.2 Å². The molecule has 0 bridgehead atoms. The summed E-state index contributed by atoms with van der Waals surface area (Å²) in [7, 11) is 0. The molecule has 0 spiro atoms. The zero-order valence-electron chi connectivity index (χ0n) is 10.2. The van der Waals surface area contributed by atoms with Crippen molar-refractivity contribution in [2.75, 3.05) is 6.61 Å². The van der Waals surface area contributed by atoms with Crippen molar-refractivity contribution in [3.63, 3.8) is 0 Å². The van der Waals surface area contributed by atoms with Crippen LogP contribution in [0.25, 0.3) is 0 Å².